The average Bonchev–Trinajstić information content (AvgIpc) is 3.33. The van der Waals surface area contributed by atoms with E-state index in [1.807, 2.05) is 0 Å². The van der Waals surface area contributed by atoms with Gasteiger partial charge in [0.25, 0.3) is 0 Å². The first kappa shape index (κ1) is 37.3. The van der Waals surface area contributed by atoms with E-state index in [2.05, 4.69) is 234 Å². The molecule has 0 N–H and O–H groups in total. The highest BCUT2D eigenvalue weighted by molar-refractivity contribution is 6.26. The van der Waals surface area contributed by atoms with Gasteiger partial charge in [0.1, 0.15) is 11.6 Å². The van der Waals surface area contributed by atoms with Crippen LogP contribution < -0.4 is 9.80 Å². The Bertz CT molecular complexity index is 3080. The van der Waals surface area contributed by atoms with Crippen molar-refractivity contribution in [3.8, 4) is 22.3 Å². The van der Waals surface area contributed by atoms with Gasteiger partial charge in [0, 0.05) is 26.2 Å². The largest absolute Gasteiger partial charge is 0.348 e. The molecule has 0 aliphatic carbocycles. The smallest absolute Gasteiger partial charge is 0.132 e. The van der Waals surface area contributed by atoms with E-state index >= 15 is 0 Å². The Hall–Kier alpha value is -7.75. The fraction of sp³-hybridized carbons (Fsp3) is 0.0678. The first-order valence-electron chi connectivity index (χ1n) is 21.6. The summed E-state index contributed by atoms with van der Waals surface area (Å²) in [5.74, 6) is 1.88. The van der Waals surface area contributed by atoms with Gasteiger partial charge in [-0.25, -0.2) is 4.98 Å². The van der Waals surface area contributed by atoms with Crippen LogP contribution in [0.15, 0.2) is 224 Å². The summed E-state index contributed by atoms with van der Waals surface area (Å²) in [7, 11) is 0. The van der Waals surface area contributed by atoms with Crippen LogP contribution >= 0.6 is 0 Å². The first-order chi connectivity index (χ1) is 30.7. The van der Waals surface area contributed by atoms with Gasteiger partial charge in [0.2, 0.25) is 0 Å². The van der Waals surface area contributed by atoms with Gasteiger partial charge >= 0.3 is 0 Å². The Morgan fingerprint density at radius 1 is 0.290 bits per heavy atom. The van der Waals surface area contributed by atoms with Gasteiger partial charge in [-0.05, 0) is 99.7 Å². The van der Waals surface area contributed by atoms with Crippen LogP contribution in [0.3, 0.4) is 0 Å². The van der Waals surface area contributed by atoms with Crippen molar-refractivity contribution in [2.45, 2.75) is 26.2 Å². The highest BCUT2D eigenvalue weighted by atomic mass is 15.2. The summed E-state index contributed by atoms with van der Waals surface area (Å²) >= 11 is 0. The zero-order valence-corrected chi connectivity index (χ0v) is 34.5. The Labute approximate surface area is 363 Å². The number of hydrogen-bond acceptors (Lipinski definition) is 3. The lowest BCUT2D eigenvalue weighted by molar-refractivity contribution is 0.759. The summed E-state index contributed by atoms with van der Waals surface area (Å²) in [5.41, 5.74) is 9.76. The summed E-state index contributed by atoms with van der Waals surface area (Å²) in [4.78, 5) is 10.5. The molecule has 0 saturated carbocycles. The fourth-order valence-corrected chi connectivity index (χ4v) is 9.41. The molecule has 296 valence electrons. The van der Waals surface area contributed by atoms with Crippen molar-refractivity contribution < 1.29 is 0 Å². The lowest BCUT2D eigenvalue weighted by Gasteiger charge is -2.29. The average molecular weight is 796 g/mol. The molecule has 11 aromatic rings. The molecule has 0 saturated heterocycles. The number of benzene rings is 10. The minimum atomic E-state index is 0.715. The molecule has 0 radical (unpaired) electrons. The molecule has 3 heteroatoms. The third-order valence-electron chi connectivity index (χ3n) is 12.3. The van der Waals surface area contributed by atoms with Gasteiger partial charge in [-0.2, -0.15) is 0 Å². The molecule has 1 aromatic heterocycles. The maximum Gasteiger partial charge on any atom is 0.132 e. The molecule has 0 bridgehead atoms. The van der Waals surface area contributed by atoms with Crippen molar-refractivity contribution in [2.75, 3.05) is 9.80 Å². The van der Waals surface area contributed by atoms with E-state index in [1.165, 1.54) is 82.0 Å². The molecule has 1 heterocycles. The highest BCUT2D eigenvalue weighted by Crippen LogP contribution is 2.44. The van der Waals surface area contributed by atoms with Crippen molar-refractivity contribution in [3.05, 3.63) is 247 Å². The Balaban J connectivity index is 1.14. The van der Waals surface area contributed by atoms with Crippen LogP contribution in [0.25, 0.3) is 65.3 Å². The number of hydrogen-bond donors (Lipinski definition) is 0. The number of aromatic nitrogens is 1. The van der Waals surface area contributed by atoms with E-state index in [9.17, 15) is 0 Å². The van der Waals surface area contributed by atoms with E-state index in [1.54, 1.807) is 0 Å². The van der Waals surface area contributed by atoms with E-state index in [0.717, 1.165) is 17.2 Å². The van der Waals surface area contributed by atoms with Crippen LogP contribution in [-0.4, -0.2) is 4.98 Å². The first-order valence-corrected chi connectivity index (χ1v) is 21.6. The molecule has 0 amide bonds. The van der Waals surface area contributed by atoms with Crippen molar-refractivity contribution in [3.63, 3.8) is 0 Å². The summed E-state index contributed by atoms with van der Waals surface area (Å²) in [6.45, 7) is 2.86. The second-order valence-corrected chi connectivity index (χ2v) is 16.4. The summed E-state index contributed by atoms with van der Waals surface area (Å²) < 4.78 is 0. The molecule has 0 aliphatic heterocycles. The molecule has 0 spiro atoms. The third kappa shape index (κ3) is 7.29. The number of nitrogens with zero attached hydrogens (tertiary/aromatic N) is 3. The topological polar surface area (TPSA) is 19.4 Å². The van der Waals surface area contributed by atoms with Crippen LogP contribution in [0.1, 0.15) is 22.3 Å². The number of pyridine rings is 1. The quantitative estimate of drug-likeness (QED) is 0.115. The summed E-state index contributed by atoms with van der Waals surface area (Å²) in [6, 6.07) is 81.8. The number of anilines is 2. The third-order valence-corrected chi connectivity index (χ3v) is 12.3. The Morgan fingerprint density at radius 2 is 0.677 bits per heavy atom. The standard InChI is InChI=1S/C59H45N3/c1-5-16-42(17-6-1)38-61(39-43-18-7-2-8-19-43)55-36-50(37-56(60-55)62(40-44-20-9-3-10-21-44)41-45-22-11-4-12-23-45)51-28-14-26-46-27-15-29-53(58(46)51)52-34-32-49-31-30-47-24-13-25-48-33-35-54(52)59(49)57(47)48/h1-37H,38-41H2. The van der Waals surface area contributed by atoms with Gasteiger partial charge in [0.05, 0.1) is 0 Å². The van der Waals surface area contributed by atoms with Crippen molar-refractivity contribution in [1.29, 1.82) is 0 Å². The molecule has 0 fully saturated rings. The zero-order valence-electron chi connectivity index (χ0n) is 34.5. The molecule has 62 heavy (non-hydrogen) atoms. The fourth-order valence-electron chi connectivity index (χ4n) is 9.41. The molecule has 10 aromatic carbocycles. The van der Waals surface area contributed by atoms with Crippen LogP contribution in [0.2, 0.25) is 0 Å². The van der Waals surface area contributed by atoms with Gasteiger partial charge < -0.3 is 9.80 Å². The second kappa shape index (κ2) is 16.4. The SMILES string of the molecule is c1ccc(CN(Cc2ccccc2)c2cc(-c3cccc4cccc(-c5ccc6ccc7cccc8ccc5c6c78)c34)cc(N(Cc3ccccc3)Cc3ccccc3)n2)cc1. The monoisotopic (exact) mass is 795 g/mol. The predicted octanol–water partition coefficient (Wildman–Crippen LogP) is 14.9. The Morgan fingerprint density at radius 3 is 1.16 bits per heavy atom. The lowest BCUT2D eigenvalue weighted by Crippen LogP contribution is -2.26. The lowest BCUT2D eigenvalue weighted by atomic mass is 9.86. The van der Waals surface area contributed by atoms with Crippen molar-refractivity contribution in [1.82, 2.24) is 4.98 Å². The zero-order chi connectivity index (χ0) is 41.2. The van der Waals surface area contributed by atoms with Crippen LogP contribution in [0, 0.1) is 0 Å². The van der Waals surface area contributed by atoms with Crippen molar-refractivity contribution >= 4 is 54.7 Å². The Kier molecular flexibility index (Phi) is 9.84. The van der Waals surface area contributed by atoms with Crippen LogP contribution in [0.5, 0.6) is 0 Å². The molecule has 3 nitrogen and oxygen atoms in total. The highest BCUT2D eigenvalue weighted by Gasteiger charge is 2.21. The minimum absolute atomic E-state index is 0.715. The van der Waals surface area contributed by atoms with Gasteiger partial charge in [-0.3, -0.25) is 0 Å². The predicted molar refractivity (Wildman–Crippen MR) is 262 cm³/mol. The van der Waals surface area contributed by atoms with Gasteiger partial charge in [-0.1, -0.05) is 212 Å². The number of rotatable bonds is 12. The maximum atomic E-state index is 5.64. The summed E-state index contributed by atoms with van der Waals surface area (Å²) in [5, 5.41) is 10.2. The molecule has 0 unspecified atom stereocenters. The second-order valence-electron chi connectivity index (χ2n) is 16.4. The molecule has 0 atom stereocenters. The van der Waals surface area contributed by atoms with Crippen LogP contribution in [0.4, 0.5) is 11.6 Å². The van der Waals surface area contributed by atoms with Crippen LogP contribution in [-0.2, 0) is 26.2 Å². The molecule has 0 aliphatic rings. The number of fused-ring (bicyclic) bond motifs is 1. The van der Waals surface area contributed by atoms with E-state index < -0.39 is 0 Å². The molecular formula is C59H45N3. The summed E-state index contributed by atoms with van der Waals surface area (Å²) in [6.07, 6.45) is 0. The molecular weight excluding hydrogens is 751 g/mol. The maximum absolute atomic E-state index is 5.64. The van der Waals surface area contributed by atoms with E-state index in [4.69, 9.17) is 4.98 Å². The van der Waals surface area contributed by atoms with Gasteiger partial charge in [0.15, 0.2) is 0 Å². The molecule has 11 rings (SSSR count). The van der Waals surface area contributed by atoms with E-state index in [-0.39, 0.29) is 0 Å². The van der Waals surface area contributed by atoms with Crippen molar-refractivity contribution in [2.24, 2.45) is 0 Å². The normalized spacial score (nSPS) is 11.5. The van der Waals surface area contributed by atoms with Gasteiger partial charge in [-0.15, -0.1) is 0 Å². The minimum Gasteiger partial charge on any atom is -0.348 e. The van der Waals surface area contributed by atoms with E-state index in [0.29, 0.717) is 26.2 Å².